The molecule has 0 atom stereocenters. The maximum atomic E-state index is 12.1. The first kappa shape index (κ1) is 12.1. The normalized spacial score (nSPS) is 20.2. The van der Waals surface area contributed by atoms with Crippen molar-refractivity contribution in [3.63, 3.8) is 0 Å². The number of thiophene rings is 1. The van der Waals surface area contributed by atoms with Crippen LogP contribution in [-0.4, -0.2) is 29.7 Å². The average Bonchev–Trinajstić information content (AvgIpc) is 2.99. The smallest absolute Gasteiger partial charge is 0.295 e. The van der Waals surface area contributed by atoms with E-state index in [1.165, 1.54) is 11.3 Å². The predicted molar refractivity (Wildman–Crippen MR) is 73.7 cm³/mol. The Morgan fingerprint density at radius 2 is 1.89 bits per heavy atom. The van der Waals surface area contributed by atoms with Gasteiger partial charge in [0.05, 0.1) is 5.56 Å². The molecule has 1 saturated heterocycles. The van der Waals surface area contributed by atoms with Crippen LogP contribution in [-0.2, 0) is 4.79 Å². The number of Topliss-reactive ketones (excluding diaryl/α,β-unsaturated/α-hetero) is 1. The van der Waals surface area contributed by atoms with Gasteiger partial charge in [-0.1, -0.05) is 12.2 Å². The van der Waals surface area contributed by atoms with Crippen LogP contribution in [0.3, 0.4) is 0 Å². The molecule has 1 aromatic rings. The van der Waals surface area contributed by atoms with E-state index in [1.54, 1.807) is 10.3 Å². The maximum Gasteiger partial charge on any atom is 0.295 e. The van der Waals surface area contributed by atoms with Gasteiger partial charge < -0.3 is 4.90 Å². The zero-order valence-corrected chi connectivity index (χ0v) is 12.1. The molecule has 2 aliphatic rings. The highest BCUT2D eigenvalue weighted by Gasteiger charge is 2.39. The molecule has 5 heteroatoms. The Morgan fingerprint density at radius 3 is 2.39 bits per heavy atom. The Bertz CT molecular complexity index is 533. The van der Waals surface area contributed by atoms with Crippen LogP contribution in [0.15, 0.2) is 27.4 Å². The van der Waals surface area contributed by atoms with Crippen molar-refractivity contribution >= 4 is 39.0 Å². The number of rotatable bonds is 2. The molecule has 0 unspecified atom stereocenters. The van der Waals surface area contributed by atoms with Gasteiger partial charge in [-0.3, -0.25) is 9.59 Å². The molecular formula is C13H12BrNO2S. The summed E-state index contributed by atoms with van der Waals surface area (Å²) in [5.41, 5.74) is 0.762. The van der Waals surface area contributed by atoms with Crippen LogP contribution < -0.4 is 0 Å². The molecule has 18 heavy (non-hydrogen) atoms. The number of carbonyl (C=O) groups is 2. The Kier molecular flexibility index (Phi) is 2.90. The van der Waals surface area contributed by atoms with Gasteiger partial charge in [0.15, 0.2) is 0 Å². The number of hydrogen-bond donors (Lipinski definition) is 0. The number of piperidine rings is 1. The van der Waals surface area contributed by atoms with Gasteiger partial charge in [-0.2, -0.15) is 11.3 Å². The quantitative estimate of drug-likeness (QED) is 0.476. The molecule has 1 fully saturated rings. The van der Waals surface area contributed by atoms with Crippen molar-refractivity contribution in [3.8, 4) is 0 Å². The van der Waals surface area contributed by atoms with E-state index in [1.807, 2.05) is 5.38 Å². The summed E-state index contributed by atoms with van der Waals surface area (Å²) >= 11 is 4.72. The number of allylic oxidation sites excluding steroid dienone is 2. The van der Waals surface area contributed by atoms with Crippen LogP contribution in [0.25, 0.3) is 0 Å². The third-order valence-electron chi connectivity index (χ3n) is 3.67. The Balaban J connectivity index is 1.68. The third-order valence-corrected chi connectivity index (χ3v) is 5.38. The van der Waals surface area contributed by atoms with Crippen molar-refractivity contribution in [1.29, 1.82) is 0 Å². The molecule has 0 N–H and O–H groups in total. The number of likely N-dealkylation sites (tertiary alicyclic amines) is 1. The molecule has 0 bridgehead atoms. The van der Waals surface area contributed by atoms with E-state index in [-0.39, 0.29) is 11.3 Å². The van der Waals surface area contributed by atoms with Crippen LogP contribution in [0.2, 0.25) is 0 Å². The molecule has 1 aromatic heterocycles. The highest BCUT2D eigenvalue weighted by molar-refractivity contribution is 9.10. The number of nitrogens with zero attached hydrogens (tertiary/aromatic N) is 1. The lowest BCUT2D eigenvalue weighted by Gasteiger charge is -2.31. The minimum absolute atomic E-state index is 0.281. The topological polar surface area (TPSA) is 37.4 Å². The summed E-state index contributed by atoms with van der Waals surface area (Å²) in [6.45, 7) is 1.36. The Hall–Kier alpha value is -0.940. The number of ketones is 1. The van der Waals surface area contributed by atoms with Crippen LogP contribution in [0.4, 0.5) is 0 Å². The molecule has 0 aromatic carbocycles. The second-order valence-corrected chi connectivity index (χ2v) is 6.42. The zero-order chi connectivity index (χ0) is 12.8. The number of amides is 1. The van der Waals surface area contributed by atoms with Gasteiger partial charge in [0, 0.05) is 33.7 Å². The molecule has 94 valence electrons. The summed E-state index contributed by atoms with van der Waals surface area (Å²) in [5, 5.41) is 3.54. The molecule has 1 aliphatic heterocycles. The van der Waals surface area contributed by atoms with E-state index in [0.717, 1.165) is 12.8 Å². The van der Waals surface area contributed by atoms with E-state index >= 15 is 0 Å². The van der Waals surface area contributed by atoms with Gasteiger partial charge in [0.1, 0.15) is 0 Å². The molecule has 3 nitrogen and oxygen atoms in total. The van der Waals surface area contributed by atoms with Crippen LogP contribution in [0, 0.1) is 5.41 Å². The van der Waals surface area contributed by atoms with Gasteiger partial charge in [-0.15, -0.1) is 0 Å². The lowest BCUT2D eigenvalue weighted by molar-refractivity contribution is -0.127. The highest BCUT2D eigenvalue weighted by atomic mass is 79.9. The van der Waals surface area contributed by atoms with Crippen molar-refractivity contribution in [3.05, 3.63) is 32.9 Å². The molecule has 0 saturated carbocycles. The van der Waals surface area contributed by atoms with Crippen molar-refractivity contribution in [1.82, 2.24) is 4.90 Å². The van der Waals surface area contributed by atoms with Gasteiger partial charge in [-0.25, -0.2) is 0 Å². The van der Waals surface area contributed by atoms with Crippen LogP contribution in [0.1, 0.15) is 23.2 Å². The first-order valence-electron chi connectivity index (χ1n) is 5.87. The van der Waals surface area contributed by atoms with Crippen molar-refractivity contribution < 1.29 is 9.59 Å². The number of halogens is 1. The Morgan fingerprint density at radius 1 is 1.22 bits per heavy atom. The summed E-state index contributed by atoms with van der Waals surface area (Å²) in [5.74, 6) is -0.771. The first-order valence-corrected chi connectivity index (χ1v) is 7.61. The standard InChI is InChI=1S/C13H12BrNO2S/c14-10-8-18-7-9(10)11(16)12(17)15-5-3-13(1-2-13)4-6-15/h1-2,7-8H,3-6H2. The largest absolute Gasteiger partial charge is 0.336 e. The third kappa shape index (κ3) is 2.06. The van der Waals surface area contributed by atoms with E-state index < -0.39 is 5.78 Å². The van der Waals surface area contributed by atoms with Crippen LogP contribution in [0.5, 0.6) is 0 Å². The minimum Gasteiger partial charge on any atom is -0.336 e. The maximum absolute atomic E-state index is 12.1. The second kappa shape index (κ2) is 4.31. The van der Waals surface area contributed by atoms with Crippen molar-refractivity contribution in [2.24, 2.45) is 5.41 Å². The van der Waals surface area contributed by atoms with Gasteiger partial charge in [0.25, 0.3) is 11.7 Å². The van der Waals surface area contributed by atoms with E-state index in [9.17, 15) is 9.59 Å². The van der Waals surface area contributed by atoms with Gasteiger partial charge >= 0.3 is 0 Å². The molecule has 0 radical (unpaired) electrons. The minimum atomic E-state index is -0.400. The van der Waals surface area contributed by atoms with E-state index in [2.05, 4.69) is 28.1 Å². The molecule has 1 amide bonds. The molecular weight excluding hydrogens is 314 g/mol. The zero-order valence-electron chi connectivity index (χ0n) is 9.69. The Labute approximate surface area is 118 Å². The lowest BCUT2D eigenvalue weighted by Crippen LogP contribution is -2.42. The molecule has 1 spiro atoms. The van der Waals surface area contributed by atoms with Crippen LogP contribution >= 0.6 is 27.3 Å². The second-order valence-electron chi connectivity index (χ2n) is 4.82. The first-order chi connectivity index (χ1) is 8.61. The van der Waals surface area contributed by atoms with Crippen molar-refractivity contribution in [2.45, 2.75) is 12.8 Å². The SMILES string of the molecule is O=C(C(=O)N1CCC2(C=C2)CC1)c1cscc1Br. The fourth-order valence-corrected chi connectivity index (χ4v) is 3.73. The van der Waals surface area contributed by atoms with E-state index in [4.69, 9.17) is 0 Å². The monoisotopic (exact) mass is 325 g/mol. The molecule has 3 rings (SSSR count). The van der Waals surface area contributed by atoms with Gasteiger partial charge in [-0.05, 0) is 28.8 Å². The fourth-order valence-electron chi connectivity index (χ4n) is 2.28. The summed E-state index contributed by atoms with van der Waals surface area (Å²) in [7, 11) is 0. The van der Waals surface area contributed by atoms with Crippen molar-refractivity contribution in [2.75, 3.05) is 13.1 Å². The predicted octanol–water partition coefficient (Wildman–Crippen LogP) is 2.87. The summed E-state index contributed by atoms with van der Waals surface area (Å²) in [6, 6.07) is 0. The fraction of sp³-hybridized carbons (Fsp3) is 0.385. The van der Waals surface area contributed by atoms with Gasteiger partial charge in [0.2, 0.25) is 0 Å². The number of carbonyl (C=O) groups excluding carboxylic acids is 2. The number of hydrogen-bond acceptors (Lipinski definition) is 3. The van der Waals surface area contributed by atoms with E-state index in [0.29, 0.717) is 23.1 Å². The molecule has 2 heterocycles. The summed E-state index contributed by atoms with van der Waals surface area (Å²) in [6.07, 6.45) is 6.31. The summed E-state index contributed by atoms with van der Waals surface area (Å²) in [4.78, 5) is 25.9. The lowest BCUT2D eigenvalue weighted by atomic mass is 9.91. The summed E-state index contributed by atoms with van der Waals surface area (Å²) < 4.78 is 0.711. The highest BCUT2D eigenvalue weighted by Crippen LogP contribution is 2.44. The average molecular weight is 326 g/mol. The molecule has 1 aliphatic carbocycles.